The van der Waals surface area contributed by atoms with Crippen LogP contribution in [0.3, 0.4) is 0 Å². The van der Waals surface area contributed by atoms with Crippen molar-refractivity contribution in [1.29, 1.82) is 0 Å². The number of allylic oxidation sites excluding steroid dienone is 2. The average molecular weight is 283 g/mol. The van der Waals surface area contributed by atoms with E-state index >= 15 is 0 Å². The topological polar surface area (TPSA) is 20.3 Å². The molecule has 0 saturated carbocycles. The molecule has 1 fully saturated rings. The van der Waals surface area contributed by atoms with Gasteiger partial charge in [-0.15, -0.1) is 0 Å². The van der Waals surface area contributed by atoms with Crippen molar-refractivity contribution >= 4 is 5.91 Å². The summed E-state index contributed by atoms with van der Waals surface area (Å²) in [6, 6.07) is 10.7. The maximum atomic E-state index is 12.5. The Labute approximate surface area is 127 Å². The summed E-state index contributed by atoms with van der Waals surface area (Å²) in [4.78, 5) is 14.6. The highest BCUT2D eigenvalue weighted by molar-refractivity contribution is 5.79. The Hall–Kier alpha value is -1.57. The molecule has 1 unspecified atom stereocenters. The molecule has 1 saturated heterocycles. The molecule has 1 atom stereocenters. The monoisotopic (exact) mass is 283 g/mol. The first-order valence-electron chi connectivity index (χ1n) is 8.30. The van der Waals surface area contributed by atoms with Gasteiger partial charge in [-0.3, -0.25) is 4.79 Å². The number of benzene rings is 1. The fourth-order valence-electron chi connectivity index (χ4n) is 3.58. The maximum Gasteiger partial charge on any atom is 0.226 e. The van der Waals surface area contributed by atoms with Crippen molar-refractivity contribution in [1.82, 2.24) is 4.90 Å². The zero-order chi connectivity index (χ0) is 14.5. The summed E-state index contributed by atoms with van der Waals surface area (Å²) in [6.07, 6.45) is 10.9. The molecule has 3 rings (SSSR count). The predicted octanol–water partition coefficient (Wildman–Crippen LogP) is 3.82. The van der Waals surface area contributed by atoms with Gasteiger partial charge in [0.2, 0.25) is 5.91 Å². The van der Waals surface area contributed by atoms with Crippen LogP contribution in [0.4, 0.5) is 0 Å². The molecule has 1 heterocycles. The van der Waals surface area contributed by atoms with Gasteiger partial charge in [-0.05, 0) is 50.0 Å². The van der Waals surface area contributed by atoms with Crippen LogP contribution in [0.5, 0.6) is 0 Å². The van der Waals surface area contributed by atoms with Crippen LogP contribution in [0.25, 0.3) is 0 Å². The highest BCUT2D eigenvalue weighted by atomic mass is 16.2. The summed E-state index contributed by atoms with van der Waals surface area (Å²) in [7, 11) is 0. The van der Waals surface area contributed by atoms with Crippen molar-refractivity contribution in [2.45, 2.75) is 38.5 Å². The number of piperidine rings is 1. The van der Waals surface area contributed by atoms with E-state index in [1.165, 1.54) is 5.56 Å². The van der Waals surface area contributed by atoms with Gasteiger partial charge in [-0.25, -0.2) is 0 Å². The van der Waals surface area contributed by atoms with E-state index < -0.39 is 0 Å². The second-order valence-electron chi connectivity index (χ2n) is 6.44. The molecule has 1 aliphatic carbocycles. The van der Waals surface area contributed by atoms with Gasteiger partial charge in [0.05, 0.1) is 0 Å². The van der Waals surface area contributed by atoms with Gasteiger partial charge in [-0.2, -0.15) is 0 Å². The number of hydrogen-bond donors (Lipinski definition) is 0. The lowest BCUT2D eigenvalue weighted by Crippen LogP contribution is -2.42. The highest BCUT2D eigenvalue weighted by Crippen LogP contribution is 2.26. The third-order valence-electron chi connectivity index (χ3n) is 4.91. The normalized spacial score (nSPS) is 23.2. The number of nitrogens with zero attached hydrogens (tertiary/aromatic N) is 1. The second-order valence-corrected chi connectivity index (χ2v) is 6.44. The Balaban J connectivity index is 1.48. The molecule has 2 nitrogen and oxygen atoms in total. The average Bonchev–Trinajstić information content (AvgIpc) is 2.57. The zero-order valence-corrected chi connectivity index (χ0v) is 12.7. The molecule has 0 radical (unpaired) electrons. The molecule has 112 valence electrons. The van der Waals surface area contributed by atoms with Gasteiger partial charge in [0.15, 0.2) is 0 Å². The maximum absolute atomic E-state index is 12.5. The second kappa shape index (κ2) is 6.93. The van der Waals surface area contributed by atoms with E-state index in [0.717, 1.165) is 57.5 Å². The Kier molecular flexibility index (Phi) is 4.74. The fraction of sp³-hybridized carbons (Fsp3) is 0.526. The summed E-state index contributed by atoms with van der Waals surface area (Å²) in [5, 5.41) is 0. The molecule has 2 aliphatic rings. The SMILES string of the molecule is O=C(C1CC=CCC1)N1CCC(Cc2ccccc2)CC1. The zero-order valence-electron chi connectivity index (χ0n) is 12.7. The van der Waals surface area contributed by atoms with Crippen molar-refractivity contribution < 1.29 is 4.79 Å². The van der Waals surface area contributed by atoms with Crippen LogP contribution in [0.15, 0.2) is 42.5 Å². The van der Waals surface area contributed by atoms with E-state index in [2.05, 4.69) is 47.4 Å². The van der Waals surface area contributed by atoms with Crippen molar-refractivity contribution in [2.75, 3.05) is 13.1 Å². The Morgan fingerprint density at radius 2 is 1.81 bits per heavy atom. The van der Waals surface area contributed by atoms with Crippen LogP contribution in [-0.2, 0) is 11.2 Å². The first kappa shape index (κ1) is 14.4. The molecular formula is C19H25NO. The van der Waals surface area contributed by atoms with E-state index in [4.69, 9.17) is 0 Å². The van der Waals surface area contributed by atoms with Crippen LogP contribution < -0.4 is 0 Å². The predicted molar refractivity (Wildman–Crippen MR) is 85.9 cm³/mol. The molecule has 21 heavy (non-hydrogen) atoms. The summed E-state index contributed by atoms with van der Waals surface area (Å²) in [5.41, 5.74) is 1.43. The van der Waals surface area contributed by atoms with Crippen LogP contribution in [-0.4, -0.2) is 23.9 Å². The number of amides is 1. The molecule has 0 spiro atoms. The van der Waals surface area contributed by atoms with E-state index in [1.54, 1.807) is 0 Å². The fourth-order valence-corrected chi connectivity index (χ4v) is 3.58. The summed E-state index contributed by atoms with van der Waals surface area (Å²) in [6.45, 7) is 1.91. The van der Waals surface area contributed by atoms with Crippen LogP contribution in [0.1, 0.15) is 37.7 Å². The number of hydrogen-bond acceptors (Lipinski definition) is 1. The molecule has 0 aromatic heterocycles. The number of likely N-dealkylation sites (tertiary alicyclic amines) is 1. The van der Waals surface area contributed by atoms with Gasteiger partial charge >= 0.3 is 0 Å². The number of carbonyl (C=O) groups is 1. The minimum absolute atomic E-state index is 0.251. The minimum Gasteiger partial charge on any atom is -0.342 e. The number of carbonyl (C=O) groups excluding carboxylic acids is 1. The molecule has 0 N–H and O–H groups in total. The quantitative estimate of drug-likeness (QED) is 0.772. The van der Waals surface area contributed by atoms with Gasteiger partial charge in [0, 0.05) is 19.0 Å². The lowest BCUT2D eigenvalue weighted by atomic mass is 9.88. The summed E-state index contributed by atoms with van der Waals surface area (Å²) < 4.78 is 0. The Bertz CT molecular complexity index is 486. The lowest BCUT2D eigenvalue weighted by molar-refractivity contribution is -0.137. The molecule has 1 aromatic carbocycles. The lowest BCUT2D eigenvalue weighted by Gasteiger charge is -2.34. The van der Waals surface area contributed by atoms with E-state index in [9.17, 15) is 4.79 Å². The van der Waals surface area contributed by atoms with Crippen molar-refractivity contribution in [3.8, 4) is 0 Å². The summed E-state index contributed by atoms with van der Waals surface area (Å²) >= 11 is 0. The van der Waals surface area contributed by atoms with Gasteiger partial charge in [0.25, 0.3) is 0 Å². The van der Waals surface area contributed by atoms with Crippen LogP contribution in [0.2, 0.25) is 0 Å². The first-order valence-corrected chi connectivity index (χ1v) is 8.30. The van der Waals surface area contributed by atoms with Crippen LogP contribution >= 0.6 is 0 Å². The Morgan fingerprint density at radius 3 is 2.48 bits per heavy atom. The highest BCUT2D eigenvalue weighted by Gasteiger charge is 2.28. The molecule has 1 aliphatic heterocycles. The third kappa shape index (κ3) is 3.75. The van der Waals surface area contributed by atoms with E-state index in [-0.39, 0.29) is 5.92 Å². The number of rotatable bonds is 3. The standard InChI is InChI=1S/C19H25NO/c21-19(18-9-5-2-6-10-18)20-13-11-17(12-14-20)15-16-7-3-1-4-8-16/h1-5,7-8,17-18H,6,9-15H2. The minimum atomic E-state index is 0.251. The van der Waals surface area contributed by atoms with Gasteiger partial charge in [0.1, 0.15) is 0 Å². The summed E-state index contributed by atoms with van der Waals surface area (Å²) in [5.74, 6) is 1.39. The molecule has 2 heteroatoms. The van der Waals surface area contributed by atoms with E-state index in [0.29, 0.717) is 5.91 Å². The molecule has 0 bridgehead atoms. The smallest absolute Gasteiger partial charge is 0.226 e. The van der Waals surface area contributed by atoms with E-state index in [1.807, 2.05) is 0 Å². The van der Waals surface area contributed by atoms with Crippen LogP contribution in [0, 0.1) is 11.8 Å². The molecule has 1 amide bonds. The van der Waals surface area contributed by atoms with Gasteiger partial charge < -0.3 is 4.90 Å². The first-order chi connectivity index (χ1) is 10.3. The van der Waals surface area contributed by atoms with Gasteiger partial charge in [-0.1, -0.05) is 42.5 Å². The Morgan fingerprint density at radius 1 is 1.05 bits per heavy atom. The van der Waals surface area contributed by atoms with Crippen molar-refractivity contribution in [3.63, 3.8) is 0 Å². The molecule has 1 aromatic rings. The molecular weight excluding hydrogens is 258 g/mol. The largest absolute Gasteiger partial charge is 0.342 e. The van der Waals surface area contributed by atoms with Crippen molar-refractivity contribution in [3.05, 3.63) is 48.0 Å². The third-order valence-corrected chi connectivity index (χ3v) is 4.91. The van der Waals surface area contributed by atoms with Crippen molar-refractivity contribution in [2.24, 2.45) is 11.8 Å².